The van der Waals surface area contributed by atoms with Crippen LogP contribution in [0.25, 0.3) is 0 Å². The Bertz CT molecular complexity index is 749. The van der Waals surface area contributed by atoms with Crippen LogP contribution in [0.2, 0.25) is 0 Å². The van der Waals surface area contributed by atoms with Gasteiger partial charge in [0.05, 0.1) is 24.9 Å². The van der Waals surface area contributed by atoms with Crippen LogP contribution in [-0.2, 0) is 17.7 Å². The number of rotatable bonds is 9. The van der Waals surface area contributed by atoms with Crippen molar-refractivity contribution in [3.8, 4) is 5.75 Å². The fourth-order valence-corrected chi connectivity index (χ4v) is 4.31. The van der Waals surface area contributed by atoms with E-state index in [0.717, 1.165) is 30.9 Å². The average molecular weight is 398 g/mol. The van der Waals surface area contributed by atoms with Crippen LogP contribution in [0, 0.1) is 5.92 Å². The molecule has 2 aromatic carbocycles. The van der Waals surface area contributed by atoms with E-state index in [1.54, 1.807) is 0 Å². The summed E-state index contributed by atoms with van der Waals surface area (Å²) < 4.78 is 12.0. The first-order chi connectivity index (χ1) is 14.0. The number of nitrogens with zero attached hydrogens (tertiary/aromatic N) is 1. The lowest BCUT2D eigenvalue weighted by Gasteiger charge is -2.43. The van der Waals surface area contributed by atoms with Gasteiger partial charge in [-0.15, -0.1) is 0 Å². The minimum Gasteiger partial charge on any atom is -0.494 e. The summed E-state index contributed by atoms with van der Waals surface area (Å²) in [4.78, 5) is 2.39. The highest BCUT2D eigenvalue weighted by Crippen LogP contribution is 2.33. The first-order valence-electron chi connectivity index (χ1n) is 10.8. The van der Waals surface area contributed by atoms with Crippen molar-refractivity contribution in [2.24, 2.45) is 5.92 Å². The summed E-state index contributed by atoms with van der Waals surface area (Å²) in [6.07, 6.45) is 1.000. The minimum absolute atomic E-state index is 0.225. The molecule has 0 bridgehead atoms. The molecule has 4 nitrogen and oxygen atoms in total. The molecule has 158 valence electrons. The molecule has 2 atom stereocenters. The second-order valence-electron chi connectivity index (χ2n) is 8.50. The Morgan fingerprint density at radius 1 is 1.14 bits per heavy atom. The minimum atomic E-state index is -0.934. The molecule has 0 aliphatic carbocycles. The van der Waals surface area contributed by atoms with E-state index in [1.165, 1.54) is 5.56 Å². The molecule has 0 spiro atoms. The summed E-state index contributed by atoms with van der Waals surface area (Å²) >= 11 is 0. The zero-order chi connectivity index (χ0) is 20.7. The van der Waals surface area contributed by atoms with Crippen molar-refractivity contribution >= 4 is 0 Å². The van der Waals surface area contributed by atoms with E-state index < -0.39 is 5.60 Å². The van der Waals surface area contributed by atoms with E-state index in [4.69, 9.17) is 9.47 Å². The Morgan fingerprint density at radius 2 is 1.86 bits per heavy atom. The Morgan fingerprint density at radius 3 is 2.59 bits per heavy atom. The fourth-order valence-electron chi connectivity index (χ4n) is 4.31. The monoisotopic (exact) mass is 397 g/mol. The maximum Gasteiger partial charge on any atom is 0.122 e. The maximum atomic E-state index is 11.8. The normalized spacial score (nSPS) is 19.8. The molecular weight excluding hydrogens is 362 g/mol. The molecule has 1 heterocycles. The Kier molecular flexibility index (Phi) is 7.70. The second-order valence-corrected chi connectivity index (χ2v) is 8.50. The van der Waals surface area contributed by atoms with Gasteiger partial charge in [0.1, 0.15) is 5.75 Å². The molecule has 1 aliphatic heterocycles. The van der Waals surface area contributed by atoms with E-state index in [9.17, 15) is 5.11 Å². The van der Waals surface area contributed by atoms with E-state index >= 15 is 0 Å². The predicted molar refractivity (Wildman–Crippen MR) is 117 cm³/mol. The molecule has 1 fully saturated rings. The lowest BCUT2D eigenvalue weighted by Crippen LogP contribution is -2.56. The zero-order valence-electron chi connectivity index (χ0n) is 18.0. The molecule has 0 amide bonds. The van der Waals surface area contributed by atoms with Crippen LogP contribution in [0.3, 0.4) is 0 Å². The summed E-state index contributed by atoms with van der Waals surface area (Å²) in [6.45, 7) is 10.1. The van der Waals surface area contributed by atoms with Crippen LogP contribution in [0.4, 0.5) is 0 Å². The van der Waals surface area contributed by atoms with E-state index in [-0.39, 0.29) is 6.10 Å². The van der Waals surface area contributed by atoms with Gasteiger partial charge in [0, 0.05) is 26.1 Å². The molecular formula is C25H35NO3. The largest absolute Gasteiger partial charge is 0.494 e. The zero-order valence-corrected chi connectivity index (χ0v) is 18.0. The molecule has 3 rings (SSSR count). The quantitative estimate of drug-likeness (QED) is 0.685. The summed E-state index contributed by atoms with van der Waals surface area (Å²) in [6, 6.07) is 18.5. The van der Waals surface area contributed by atoms with Gasteiger partial charge in [0.2, 0.25) is 0 Å². The second kappa shape index (κ2) is 10.2. The summed E-state index contributed by atoms with van der Waals surface area (Å²) in [5.74, 6) is 1.22. The van der Waals surface area contributed by atoms with Crippen LogP contribution in [-0.4, -0.2) is 48.0 Å². The molecule has 2 aromatic rings. The highest BCUT2D eigenvalue weighted by molar-refractivity contribution is 5.35. The van der Waals surface area contributed by atoms with Crippen molar-refractivity contribution < 1.29 is 14.6 Å². The maximum absolute atomic E-state index is 11.8. The lowest BCUT2D eigenvalue weighted by atomic mass is 9.81. The standard InChI is InChI=1S/C25H35NO3/c1-4-28-23-13-9-8-12-22(23)17-25(27,16-20(2)3)24-19-26(14-15-29-24)18-21-10-6-5-7-11-21/h5-13,20,24,27H,4,14-19H2,1-3H3. The van der Waals surface area contributed by atoms with Crippen molar-refractivity contribution in [3.05, 3.63) is 65.7 Å². The van der Waals surface area contributed by atoms with Crippen molar-refractivity contribution in [1.82, 2.24) is 4.90 Å². The Labute approximate surface area is 175 Å². The van der Waals surface area contributed by atoms with E-state index in [2.05, 4.69) is 49.1 Å². The van der Waals surface area contributed by atoms with Crippen LogP contribution in [0.5, 0.6) is 5.75 Å². The van der Waals surface area contributed by atoms with Crippen molar-refractivity contribution in [2.75, 3.05) is 26.3 Å². The fraction of sp³-hybridized carbons (Fsp3) is 0.520. The van der Waals surface area contributed by atoms with Crippen LogP contribution < -0.4 is 4.74 Å². The van der Waals surface area contributed by atoms with Crippen LogP contribution in [0.1, 0.15) is 38.3 Å². The number of benzene rings is 2. The average Bonchev–Trinajstić information content (AvgIpc) is 2.70. The molecule has 1 N–H and O–H groups in total. The molecule has 0 radical (unpaired) electrons. The smallest absolute Gasteiger partial charge is 0.122 e. The Hall–Kier alpha value is -1.88. The summed E-state index contributed by atoms with van der Waals surface area (Å²) in [5, 5.41) is 11.8. The van der Waals surface area contributed by atoms with Crippen molar-refractivity contribution in [1.29, 1.82) is 0 Å². The lowest BCUT2D eigenvalue weighted by molar-refractivity contribution is -0.151. The predicted octanol–water partition coefficient (Wildman–Crippen LogP) is 4.31. The van der Waals surface area contributed by atoms with Gasteiger partial charge in [-0.2, -0.15) is 0 Å². The number of para-hydroxylation sites is 1. The topological polar surface area (TPSA) is 41.9 Å². The number of morpholine rings is 1. The summed E-state index contributed by atoms with van der Waals surface area (Å²) in [5.41, 5.74) is 1.40. The highest BCUT2D eigenvalue weighted by Gasteiger charge is 2.41. The molecule has 0 aromatic heterocycles. The van der Waals surface area contributed by atoms with Gasteiger partial charge < -0.3 is 14.6 Å². The van der Waals surface area contributed by atoms with E-state index in [0.29, 0.717) is 32.0 Å². The number of aliphatic hydroxyl groups is 1. The van der Waals surface area contributed by atoms with Gasteiger partial charge in [0.15, 0.2) is 0 Å². The van der Waals surface area contributed by atoms with Crippen molar-refractivity contribution in [2.45, 2.75) is 51.9 Å². The van der Waals surface area contributed by atoms with Gasteiger partial charge in [-0.05, 0) is 36.5 Å². The number of hydrogen-bond donors (Lipinski definition) is 1. The van der Waals surface area contributed by atoms with Gasteiger partial charge in [-0.1, -0.05) is 62.4 Å². The van der Waals surface area contributed by atoms with Gasteiger partial charge in [0.25, 0.3) is 0 Å². The third kappa shape index (κ3) is 6.05. The van der Waals surface area contributed by atoms with Gasteiger partial charge in [-0.3, -0.25) is 4.90 Å². The van der Waals surface area contributed by atoms with Crippen LogP contribution in [0.15, 0.2) is 54.6 Å². The van der Waals surface area contributed by atoms with E-state index in [1.807, 2.05) is 31.2 Å². The Balaban J connectivity index is 1.78. The van der Waals surface area contributed by atoms with Crippen molar-refractivity contribution in [3.63, 3.8) is 0 Å². The molecule has 4 heteroatoms. The number of hydrogen-bond acceptors (Lipinski definition) is 4. The SMILES string of the molecule is CCOc1ccccc1CC(O)(CC(C)C)C1CN(Cc2ccccc2)CCO1. The number of ether oxygens (including phenoxy) is 2. The van der Waals surface area contributed by atoms with Gasteiger partial charge >= 0.3 is 0 Å². The summed E-state index contributed by atoms with van der Waals surface area (Å²) in [7, 11) is 0. The molecule has 0 saturated carbocycles. The van der Waals surface area contributed by atoms with Gasteiger partial charge in [-0.25, -0.2) is 0 Å². The first-order valence-corrected chi connectivity index (χ1v) is 10.8. The third-order valence-electron chi connectivity index (χ3n) is 5.53. The molecule has 1 saturated heterocycles. The van der Waals surface area contributed by atoms with Crippen LogP contribution >= 0.6 is 0 Å². The molecule has 29 heavy (non-hydrogen) atoms. The third-order valence-corrected chi connectivity index (χ3v) is 5.53. The molecule has 1 aliphatic rings. The highest BCUT2D eigenvalue weighted by atomic mass is 16.5. The first kappa shape index (κ1) is 21.8. The molecule has 2 unspecified atom stereocenters.